The maximum atomic E-state index is 12.4. The van der Waals surface area contributed by atoms with Gasteiger partial charge in [0.1, 0.15) is 0 Å². The van der Waals surface area contributed by atoms with Gasteiger partial charge in [-0.2, -0.15) is 0 Å². The van der Waals surface area contributed by atoms with E-state index in [0.29, 0.717) is 6.54 Å². The van der Waals surface area contributed by atoms with E-state index in [9.17, 15) is 9.59 Å². The van der Waals surface area contributed by atoms with Crippen molar-refractivity contribution in [2.45, 2.75) is 48.0 Å². The van der Waals surface area contributed by atoms with E-state index in [2.05, 4.69) is 12.2 Å². The molecule has 1 atom stereocenters. The number of rotatable bonds is 5. The summed E-state index contributed by atoms with van der Waals surface area (Å²) in [6.45, 7) is 12.2. The molecule has 0 spiro atoms. The third-order valence-electron chi connectivity index (χ3n) is 4.36. The van der Waals surface area contributed by atoms with Crippen LogP contribution in [0.3, 0.4) is 0 Å². The predicted molar refractivity (Wildman–Crippen MR) is 83.9 cm³/mol. The summed E-state index contributed by atoms with van der Waals surface area (Å²) in [5, 5.41) is 11.6. The number of carbonyl (C=O) groups excluding carboxylic acids is 1. The Balaban J connectivity index is 2.96. The molecule has 0 aliphatic heterocycles. The summed E-state index contributed by atoms with van der Waals surface area (Å²) in [4.78, 5) is 23.1. The molecule has 0 radical (unpaired) electrons. The van der Waals surface area contributed by atoms with Crippen molar-refractivity contribution in [3.63, 3.8) is 0 Å². The van der Waals surface area contributed by atoms with E-state index >= 15 is 0 Å². The van der Waals surface area contributed by atoms with E-state index in [0.717, 1.165) is 27.8 Å². The third kappa shape index (κ3) is 3.84. The Morgan fingerprint density at radius 2 is 1.38 bits per heavy atom. The SMILES string of the molecule is Cc1c(C)c(C)c(C(=O)NCC(C)CC(=O)O)c(C)c1C. The Morgan fingerprint density at radius 3 is 1.81 bits per heavy atom. The van der Waals surface area contributed by atoms with Crippen LogP contribution in [-0.2, 0) is 4.79 Å². The number of benzene rings is 1. The molecule has 0 aromatic heterocycles. The minimum Gasteiger partial charge on any atom is -0.481 e. The molecular weight excluding hydrogens is 266 g/mol. The number of hydrogen-bond acceptors (Lipinski definition) is 2. The minimum atomic E-state index is -0.842. The van der Waals surface area contributed by atoms with Crippen LogP contribution in [0.1, 0.15) is 51.5 Å². The number of carbonyl (C=O) groups is 2. The average molecular weight is 291 g/mol. The van der Waals surface area contributed by atoms with Crippen LogP contribution in [0.2, 0.25) is 0 Å². The van der Waals surface area contributed by atoms with Crippen LogP contribution in [0.25, 0.3) is 0 Å². The first-order valence-corrected chi connectivity index (χ1v) is 7.23. The molecule has 1 rings (SSSR count). The Hall–Kier alpha value is -1.84. The summed E-state index contributed by atoms with van der Waals surface area (Å²) in [5.74, 6) is -1.04. The summed E-state index contributed by atoms with van der Waals surface area (Å²) in [6.07, 6.45) is 0.0597. The van der Waals surface area contributed by atoms with Crippen molar-refractivity contribution in [1.82, 2.24) is 5.32 Å². The first kappa shape index (κ1) is 17.2. The molecule has 4 nitrogen and oxygen atoms in total. The van der Waals surface area contributed by atoms with E-state index in [-0.39, 0.29) is 18.2 Å². The smallest absolute Gasteiger partial charge is 0.303 e. The number of carboxylic acid groups (broad SMARTS) is 1. The summed E-state index contributed by atoms with van der Waals surface area (Å²) in [7, 11) is 0. The van der Waals surface area contributed by atoms with Crippen molar-refractivity contribution >= 4 is 11.9 Å². The maximum absolute atomic E-state index is 12.4. The molecule has 2 N–H and O–H groups in total. The van der Waals surface area contributed by atoms with E-state index in [1.54, 1.807) is 0 Å². The largest absolute Gasteiger partial charge is 0.481 e. The van der Waals surface area contributed by atoms with Gasteiger partial charge in [-0.25, -0.2) is 0 Å². The van der Waals surface area contributed by atoms with Crippen LogP contribution in [0.4, 0.5) is 0 Å². The highest BCUT2D eigenvalue weighted by Crippen LogP contribution is 2.25. The molecular formula is C17H25NO3. The van der Waals surface area contributed by atoms with E-state index in [1.165, 1.54) is 5.56 Å². The van der Waals surface area contributed by atoms with Gasteiger partial charge in [0, 0.05) is 18.5 Å². The van der Waals surface area contributed by atoms with Crippen LogP contribution in [0, 0.1) is 40.5 Å². The molecule has 1 unspecified atom stereocenters. The van der Waals surface area contributed by atoms with Crippen molar-refractivity contribution in [2.75, 3.05) is 6.54 Å². The molecule has 21 heavy (non-hydrogen) atoms. The van der Waals surface area contributed by atoms with E-state index in [4.69, 9.17) is 5.11 Å². The molecule has 1 amide bonds. The van der Waals surface area contributed by atoms with Crippen molar-refractivity contribution in [1.29, 1.82) is 0 Å². The lowest BCUT2D eigenvalue weighted by Gasteiger charge is -2.19. The highest BCUT2D eigenvalue weighted by atomic mass is 16.4. The van der Waals surface area contributed by atoms with Gasteiger partial charge in [0.25, 0.3) is 5.91 Å². The number of amides is 1. The molecule has 4 heteroatoms. The first-order valence-electron chi connectivity index (χ1n) is 7.23. The lowest BCUT2D eigenvalue weighted by atomic mass is 9.89. The quantitative estimate of drug-likeness (QED) is 0.876. The Bertz CT molecular complexity index is 547. The predicted octanol–water partition coefficient (Wildman–Crippen LogP) is 3.07. The van der Waals surface area contributed by atoms with Crippen molar-refractivity contribution in [2.24, 2.45) is 5.92 Å². The van der Waals surface area contributed by atoms with Gasteiger partial charge in [-0.05, 0) is 68.4 Å². The molecule has 0 aliphatic rings. The van der Waals surface area contributed by atoms with E-state index in [1.807, 2.05) is 34.6 Å². The molecule has 0 heterocycles. The zero-order valence-corrected chi connectivity index (χ0v) is 13.8. The number of carboxylic acids is 1. The summed E-state index contributed by atoms with van der Waals surface area (Å²) >= 11 is 0. The van der Waals surface area contributed by atoms with E-state index < -0.39 is 5.97 Å². The van der Waals surface area contributed by atoms with Crippen molar-refractivity contribution < 1.29 is 14.7 Å². The third-order valence-corrected chi connectivity index (χ3v) is 4.36. The van der Waals surface area contributed by atoms with Crippen LogP contribution in [0.15, 0.2) is 0 Å². The van der Waals surface area contributed by atoms with Crippen LogP contribution in [-0.4, -0.2) is 23.5 Å². The monoisotopic (exact) mass is 291 g/mol. The summed E-state index contributed by atoms with van der Waals surface area (Å²) < 4.78 is 0. The van der Waals surface area contributed by atoms with Crippen LogP contribution >= 0.6 is 0 Å². The standard InChI is InChI=1S/C17H25NO3/c1-9(7-15(19)20)8-18-17(21)16-13(5)11(3)10(2)12(4)14(16)6/h9H,7-8H2,1-6H3,(H,18,21)(H,19,20). The van der Waals surface area contributed by atoms with Crippen molar-refractivity contribution in [3.8, 4) is 0 Å². The molecule has 0 fully saturated rings. The number of nitrogens with one attached hydrogen (secondary N) is 1. The van der Waals surface area contributed by atoms with Gasteiger partial charge in [0.15, 0.2) is 0 Å². The van der Waals surface area contributed by atoms with Gasteiger partial charge in [-0.3, -0.25) is 9.59 Å². The number of hydrogen-bond donors (Lipinski definition) is 2. The lowest BCUT2D eigenvalue weighted by molar-refractivity contribution is -0.137. The highest BCUT2D eigenvalue weighted by Gasteiger charge is 2.18. The normalized spacial score (nSPS) is 12.1. The fourth-order valence-corrected chi connectivity index (χ4v) is 2.57. The molecule has 1 aromatic rings. The van der Waals surface area contributed by atoms with Crippen molar-refractivity contribution in [3.05, 3.63) is 33.4 Å². The van der Waals surface area contributed by atoms with Gasteiger partial charge in [-0.15, -0.1) is 0 Å². The minimum absolute atomic E-state index is 0.0597. The fraction of sp³-hybridized carbons (Fsp3) is 0.529. The van der Waals surface area contributed by atoms with Gasteiger partial charge in [0.05, 0.1) is 0 Å². The molecule has 0 aliphatic carbocycles. The second-order valence-electron chi connectivity index (χ2n) is 5.91. The highest BCUT2D eigenvalue weighted by molar-refractivity contribution is 5.98. The van der Waals surface area contributed by atoms with Gasteiger partial charge >= 0.3 is 5.97 Å². The summed E-state index contributed by atoms with van der Waals surface area (Å²) in [5.41, 5.74) is 6.22. The molecule has 1 aromatic carbocycles. The molecule has 0 saturated carbocycles. The zero-order valence-electron chi connectivity index (χ0n) is 13.8. The lowest BCUT2D eigenvalue weighted by Crippen LogP contribution is -2.30. The Labute approximate surface area is 126 Å². The summed E-state index contributed by atoms with van der Waals surface area (Å²) in [6, 6.07) is 0. The van der Waals surface area contributed by atoms with Crippen LogP contribution < -0.4 is 5.32 Å². The maximum Gasteiger partial charge on any atom is 0.303 e. The first-order chi connectivity index (χ1) is 9.66. The fourth-order valence-electron chi connectivity index (χ4n) is 2.57. The zero-order chi connectivity index (χ0) is 16.3. The molecule has 0 saturated heterocycles. The number of aliphatic carboxylic acids is 1. The molecule has 0 bridgehead atoms. The Morgan fingerprint density at radius 1 is 0.952 bits per heavy atom. The second kappa shape index (κ2) is 6.74. The second-order valence-corrected chi connectivity index (χ2v) is 5.91. The Kier molecular flexibility index (Phi) is 5.53. The van der Waals surface area contributed by atoms with Crippen LogP contribution in [0.5, 0.6) is 0 Å². The van der Waals surface area contributed by atoms with Gasteiger partial charge < -0.3 is 10.4 Å². The average Bonchev–Trinajstić information content (AvgIpc) is 2.40. The van der Waals surface area contributed by atoms with Gasteiger partial charge in [0.2, 0.25) is 0 Å². The topological polar surface area (TPSA) is 66.4 Å². The molecule has 116 valence electrons. The van der Waals surface area contributed by atoms with Gasteiger partial charge in [-0.1, -0.05) is 6.92 Å².